The molecule has 0 spiro atoms. The van der Waals surface area contributed by atoms with Crippen LogP contribution >= 0.6 is 12.2 Å². The Kier molecular flexibility index (Phi) is 4.09. The van der Waals surface area contributed by atoms with E-state index in [4.69, 9.17) is 9.84 Å². The maximum Gasteiger partial charge on any atom is 0.186 e. The second-order valence-corrected chi connectivity index (χ2v) is 3.12. The van der Waals surface area contributed by atoms with Gasteiger partial charge in [-0.1, -0.05) is 0 Å². The maximum absolute atomic E-state index is 9.36. The summed E-state index contributed by atoms with van der Waals surface area (Å²) in [5, 5.41) is 38.8. The van der Waals surface area contributed by atoms with Crippen LogP contribution in [-0.4, -0.2) is 62.8 Å². The smallest absolute Gasteiger partial charge is 0.186 e. The molecule has 0 aromatic heterocycles. The molecule has 0 saturated carbocycles. The van der Waals surface area contributed by atoms with Crippen LogP contribution in [0.5, 0.6) is 0 Å². The Morgan fingerprint density at radius 2 is 1.86 bits per heavy atom. The van der Waals surface area contributed by atoms with Crippen molar-refractivity contribution in [3.05, 3.63) is 0 Å². The SMILES string of the molecule is OC[C@@H]1O[C@@H](N=C=S)[C@@H](O)[C@H](O)[C@H]1O. The van der Waals surface area contributed by atoms with Gasteiger partial charge in [0.1, 0.15) is 24.4 Å². The van der Waals surface area contributed by atoms with Crippen molar-refractivity contribution in [2.24, 2.45) is 4.99 Å². The second kappa shape index (κ2) is 4.90. The molecule has 0 aromatic carbocycles. The summed E-state index contributed by atoms with van der Waals surface area (Å²) < 4.78 is 4.97. The molecular formula is C7H11NO5S. The van der Waals surface area contributed by atoms with Gasteiger partial charge in [0, 0.05) is 0 Å². The first-order valence-corrected chi connectivity index (χ1v) is 4.40. The molecule has 1 heterocycles. The number of hydrogen-bond donors (Lipinski definition) is 4. The zero-order chi connectivity index (χ0) is 10.7. The van der Waals surface area contributed by atoms with E-state index in [1.807, 2.05) is 5.16 Å². The number of aliphatic imine (C=N–C) groups is 1. The molecular weight excluding hydrogens is 210 g/mol. The molecule has 1 fully saturated rings. The van der Waals surface area contributed by atoms with Crippen molar-refractivity contribution < 1.29 is 25.2 Å². The summed E-state index contributed by atoms with van der Waals surface area (Å²) in [5.41, 5.74) is 0. The summed E-state index contributed by atoms with van der Waals surface area (Å²) in [4.78, 5) is 3.46. The first-order valence-electron chi connectivity index (χ1n) is 3.99. The third kappa shape index (κ3) is 2.15. The van der Waals surface area contributed by atoms with Gasteiger partial charge in [0.2, 0.25) is 0 Å². The molecule has 0 bridgehead atoms. The molecule has 1 rings (SSSR count). The van der Waals surface area contributed by atoms with Gasteiger partial charge in [0.25, 0.3) is 0 Å². The van der Waals surface area contributed by atoms with Crippen LogP contribution in [0, 0.1) is 0 Å². The minimum Gasteiger partial charge on any atom is -0.394 e. The zero-order valence-electron chi connectivity index (χ0n) is 7.15. The van der Waals surface area contributed by atoms with Crippen LogP contribution in [0.3, 0.4) is 0 Å². The van der Waals surface area contributed by atoms with Crippen LogP contribution in [0.25, 0.3) is 0 Å². The van der Waals surface area contributed by atoms with Crippen molar-refractivity contribution in [1.29, 1.82) is 0 Å². The molecule has 7 heteroatoms. The van der Waals surface area contributed by atoms with E-state index >= 15 is 0 Å². The molecule has 0 unspecified atom stereocenters. The van der Waals surface area contributed by atoms with Gasteiger partial charge in [-0.2, -0.15) is 4.99 Å². The lowest BCUT2D eigenvalue weighted by atomic mass is 9.99. The Balaban J connectivity index is 2.77. The molecule has 1 saturated heterocycles. The highest BCUT2D eigenvalue weighted by molar-refractivity contribution is 7.78. The topological polar surface area (TPSA) is 103 Å². The molecule has 1 aliphatic rings. The zero-order valence-corrected chi connectivity index (χ0v) is 7.96. The number of aliphatic hydroxyl groups is 4. The fourth-order valence-corrected chi connectivity index (χ4v) is 1.34. The highest BCUT2D eigenvalue weighted by Gasteiger charge is 2.43. The molecule has 0 aliphatic carbocycles. The molecule has 1 aliphatic heterocycles. The van der Waals surface area contributed by atoms with E-state index in [2.05, 4.69) is 17.2 Å². The lowest BCUT2D eigenvalue weighted by molar-refractivity contribution is -0.226. The molecule has 0 aromatic rings. The van der Waals surface area contributed by atoms with Crippen molar-refractivity contribution in [1.82, 2.24) is 0 Å². The van der Waals surface area contributed by atoms with E-state index < -0.39 is 37.3 Å². The summed E-state index contributed by atoms with van der Waals surface area (Å²) in [7, 11) is 0. The van der Waals surface area contributed by atoms with Gasteiger partial charge >= 0.3 is 0 Å². The predicted octanol–water partition coefficient (Wildman–Crippen LogP) is -2.11. The van der Waals surface area contributed by atoms with E-state index in [-0.39, 0.29) is 0 Å². The van der Waals surface area contributed by atoms with Gasteiger partial charge in [0.05, 0.1) is 11.8 Å². The summed E-state index contributed by atoms with van der Waals surface area (Å²) in [6, 6.07) is 0. The molecule has 14 heavy (non-hydrogen) atoms. The fraction of sp³-hybridized carbons (Fsp3) is 0.857. The Hall–Kier alpha value is -0.400. The highest BCUT2D eigenvalue weighted by Crippen LogP contribution is 2.21. The first-order chi connectivity index (χ1) is 6.61. The van der Waals surface area contributed by atoms with Gasteiger partial charge in [-0.3, -0.25) is 0 Å². The van der Waals surface area contributed by atoms with Crippen LogP contribution < -0.4 is 0 Å². The Labute approximate surface area is 85.5 Å². The number of aliphatic hydroxyl groups excluding tert-OH is 4. The quantitative estimate of drug-likeness (QED) is 0.314. The van der Waals surface area contributed by atoms with Crippen LogP contribution in [-0.2, 0) is 4.74 Å². The molecule has 0 amide bonds. The average Bonchev–Trinajstić information content (AvgIpc) is 2.19. The monoisotopic (exact) mass is 221 g/mol. The number of thiocarbonyl (C=S) groups is 1. The maximum atomic E-state index is 9.36. The van der Waals surface area contributed by atoms with Crippen LogP contribution in [0.1, 0.15) is 0 Å². The number of ether oxygens (including phenoxy) is 1. The van der Waals surface area contributed by atoms with Gasteiger partial charge in [0.15, 0.2) is 6.23 Å². The largest absolute Gasteiger partial charge is 0.394 e. The van der Waals surface area contributed by atoms with Gasteiger partial charge in [-0.15, -0.1) is 0 Å². The van der Waals surface area contributed by atoms with E-state index in [0.29, 0.717) is 0 Å². The Bertz CT molecular complexity index is 242. The molecule has 6 nitrogen and oxygen atoms in total. The third-order valence-electron chi connectivity index (χ3n) is 2.05. The van der Waals surface area contributed by atoms with Gasteiger partial charge < -0.3 is 25.2 Å². The summed E-state index contributed by atoms with van der Waals surface area (Å²) in [6.45, 7) is -0.478. The Morgan fingerprint density at radius 3 is 2.36 bits per heavy atom. The van der Waals surface area contributed by atoms with Crippen LogP contribution in [0.2, 0.25) is 0 Å². The lowest BCUT2D eigenvalue weighted by Gasteiger charge is -2.37. The second-order valence-electron chi connectivity index (χ2n) is 2.94. The number of isothiocyanates is 1. The van der Waals surface area contributed by atoms with Gasteiger partial charge in [-0.25, -0.2) is 0 Å². The third-order valence-corrected chi connectivity index (χ3v) is 2.15. The van der Waals surface area contributed by atoms with E-state index in [1.54, 1.807) is 0 Å². The normalized spacial score (nSPS) is 43.0. The molecule has 4 N–H and O–H groups in total. The summed E-state index contributed by atoms with van der Waals surface area (Å²) >= 11 is 4.31. The van der Waals surface area contributed by atoms with E-state index in [0.717, 1.165) is 0 Å². The van der Waals surface area contributed by atoms with Crippen molar-refractivity contribution >= 4 is 17.4 Å². The minimum atomic E-state index is -1.42. The summed E-state index contributed by atoms with van der Waals surface area (Å²) in [6.07, 6.45) is -6.21. The van der Waals surface area contributed by atoms with E-state index in [9.17, 15) is 15.3 Å². The predicted molar refractivity (Wildman–Crippen MR) is 48.8 cm³/mol. The fourth-order valence-electron chi connectivity index (χ4n) is 1.24. The molecule has 80 valence electrons. The standard InChI is InChI=1S/C7H11NO5S/c9-1-3-4(10)5(11)6(12)7(13-3)8-2-14/h3-7,9-12H,1H2/t3-,4-,5+,6-,7+/m0/s1. The van der Waals surface area contributed by atoms with Crippen molar-refractivity contribution in [3.63, 3.8) is 0 Å². The summed E-state index contributed by atoms with van der Waals surface area (Å²) in [5.74, 6) is 0. The first kappa shape index (κ1) is 11.7. The van der Waals surface area contributed by atoms with Crippen molar-refractivity contribution in [2.45, 2.75) is 30.6 Å². The number of nitrogens with zero attached hydrogens (tertiary/aromatic N) is 1. The Morgan fingerprint density at radius 1 is 1.21 bits per heavy atom. The minimum absolute atomic E-state index is 0.478. The average molecular weight is 221 g/mol. The van der Waals surface area contributed by atoms with Crippen LogP contribution in [0.4, 0.5) is 0 Å². The van der Waals surface area contributed by atoms with Crippen LogP contribution in [0.15, 0.2) is 4.99 Å². The van der Waals surface area contributed by atoms with Crippen molar-refractivity contribution in [3.8, 4) is 0 Å². The number of rotatable bonds is 2. The van der Waals surface area contributed by atoms with Gasteiger partial charge in [-0.05, 0) is 12.2 Å². The molecule has 5 atom stereocenters. The van der Waals surface area contributed by atoms with E-state index in [1.165, 1.54) is 0 Å². The lowest BCUT2D eigenvalue weighted by Crippen LogP contribution is -2.57. The highest BCUT2D eigenvalue weighted by atomic mass is 32.1. The molecule has 0 radical (unpaired) electrons. The number of hydrogen-bond acceptors (Lipinski definition) is 7. The van der Waals surface area contributed by atoms with Crippen molar-refractivity contribution in [2.75, 3.05) is 6.61 Å².